The Labute approximate surface area is 100 Å². The molecule has 0 spiro atoms. The number of carbonyl (C=O) groups excluding carboxylic acids is 1. The average molecular weight is 238 g/mol. The molecule has 1 saturated heterocycles. The van der Waals surface area contributed by atoms with Crippen molar-refractivity contribution in [1.82, 2.24) is 4.90 Å². The highest BCUT2D eigenvalue weighted by atomic mass is 16.4. The van der Waals surface area contributed by atoms with Gasteiger partial charge >= 0.3 is 5.97 Å². The van der Waals surface area contributed by atoms with E-state index >= 15 is 0 Å². The van der Waals surface area contributed by atoms with Gasteiger partial charge in [-0.25, -0.2) is 4.79 Å². The third-order valence-corrected chi connectivity index (χ3v) is 3.80. The fraction of sp³-hybridized carbons (Fsp3) is 0.667. The van der Waals surface area contributed by atoms with Crippen LogP contribution in [0.25, 0.3) is 0 Å². The summed E-state index contributed by atoms with van der Waals surface area (Å²) >= 11 is 0. The van der Waals surface area contributed by atoms with Crippen molar-refractivity contribution in [3.63, 3.8) is 0 Å². The Morgan fingerprint density at radius 1 is 1.47 bits per heavy atom. The van der Waals surface area contributed by atoms with Crippen molar-refractivity contribution in [1.29, 1.82) is 0 Å². The molecule has 1 aliphatic heterocycles. The number of carboxylic acid groups (broad SMARTS) is 1. The molecule has 1 aliphatic carbocycles. The van der Waals surface area contributed by atoms with Crippen LogP contribution in [0.1, 0.15) is 26.2 Å². The lowest BCUT2D eigenvalue weighted by molar-refractivity contribution is -0.156. The minimum Gasteiger partial charge on any atom is -0.480 e. The number of likely N-dealkylation sites (tertiary alicyclic amines) is 1. The smallest absolute Gasteiger partial charge is 0.329 e. The average Bonchev–Trinajstić information content (AvgIpc) is 2.85. The number of hydrogen-bond donors (Lipinski definition) is 2. The van der Waals surface area contributed by atoms with Crippen molar-refractivity contribution < 1.29 is 14.7 Å². The van der Waals surface area contributed by atoms with Crippen LogP contribution in [0.5, 0.6) is 0 Å². The first-order valence-corrected chi connectivity index (χ1v) is 5.94. The molecule has 0 radical (unpaired) electrons. The molecule has 94 valence electrons. The Morgan fingerprint density at radius 2 is 2.18 bits per heavy atom. The highest BCUT2D eigenvalue weighted by Crippen LogP contribution is 2.32. The molecule has 1 amide bonds. The lowest BCUT2D eigenvalue weighted by Gasteiger charge is -2.32. The molecule has 5 nitrogen and oxygen atoms in total. The number of amides is 1. The maximum atomic E-state index is 12.3. The van der Waals surface area contributed by atoms with Gasteiger partial charge in [0.2, 0.25) is 5.91 Å². The fourth-order valence-electron chi connectivity index (χ4n) is 2.65. The highest BCUT2D eigenvalue weighted by Gasteiger charge is 2.47. The molecule has 0 aromatic heterocycles. The normalized spacial score (nSPS) is 36.5. The molecule has 1 fully saturated rings. The second kappa shape index (κ2) is 4.14. The van der Waals surface area contributed by atoms with Crippen molar-refractivity contribution in [2.45, 2.75) is 37.8 Å². The molecule has 1 heterocycles. The third kappa shape index (κ3) is 1.95. The second-order valence-corrected chi connectivity index (χ2v) is 5.06. The van der Waals surface area contributed by atoms with Gasteiger partial charge in [-0.1, -0.05) is 12.2 Å². The van der Waals surface area contributed by atoms with E-state index in [0.717, 1.165) is 6.42 Å². The van der Waals surface area contributed by atoms with Crippen molar-refractivity contribution >= 4 is 11.9 Å². The molecule has 0 bridgehead atoms. The largest absolute Gasteiger partial charge is 0.480 e. The molecule has 3 N–H and O–H groups in total. The van der Waals surface area contributed by atoms with Gasteiger partial charge in [0, 0.05) is 12.6 Å². The van der Waals surface area contributed by atoms with E-state index in [1.165, 1.54) is 4.90 Å². The summed E-state index contributed by atoms with van der Waals surface area (Å²) in [5.74, 6) is -1.27. The fourth-order valence-corrected chi connectivity index (χ4v) is 2.65. The summed E-state index contributed by atoms with van der Waals surface area (Å²) < 4.78 is 0. The molecule has 0 aromatic carbocycles. The summed E-state index contributed by atoms with van der Waals surface area (Å²) in [6, 6.07) is -0.0809. The number of hydrogen-bond acceptors (Lipinski definition) is 3. The number of carbonyl (C=O) groups is 2. The van der Waals surface area contributed by atoms with Crippen LogP contribution in [0.3, 0.4) is 0 Å². The van der Waals surface area contributed by atoms with Crippen LogP contribution < -0.4 is 5.73 Å². The van der Waals surface area contributed by atoms with Crippen molar-refractivity contribution in [3.8, 4) is 0 Å². The maximum Gasteiger partial charge on any atom is 0.329 e. The van der Waals surface area contributed by atoms with Crippen molar-refractivity contribution in [2.75, 3.05) is 6.54 Å². The monoisotopic (exact) mass is 238 g/mol. The second-order valence-electron chi connectivity index (χ2n) is 5.06. The summed E-state index contributed by atoms with van der Waals surface area (Å²) in [6.45, 7) is 2.15. The van der Waals surface area contributed by atoms with Gasteiger partial charge in [-0.05, 0) is 26.2 Å². The molecule has 5 heteroatoms. The maximum absolute atomic E-state index is 12.3. The van der Waals surface area contributed by atoms with Crippen LogP contribution >= 0.6 is 0 Å². The van der Waals surface area contributed by atoms with Crippen LogP contribution in [0.2, 0.25) is 0 Å². The number of rotatable bonds is 2. The minimum absolute atomic E-state index is 0.0809. The zero-order chi connectivity index (χ0) is 12.6. The highest BCUT2D eigenvalue weighted by molar-refractivity contribution is 5.89. The van der Waals surface area contributed by atoms with Gasteiger partial charge in [0.15, 0.2) is 0 Å². The van der Waals surface area contributed by atoms with Gasteiger partial charge in [0.25, 0.3) is 0 Å². The molecule has 2 aliphatic rings. The molecule has 17 heavy (non-hydrogen) atoms. The zero-order valence-corrected chi connectivity index (χ0v) is 9.93. The van der Waals surface area contributed by atoms with Gasteiger partial charge in [-0.3, -0.25) is 4.79 Å². The summed E-state index contributed by atoms with van der Waals surface area (Å²) in [5.41, 5.74) is 4.67. The van der Waals surface area contributed by atoms with Gasteiger partial charge in [-0.15, -0.1) is 0 Å². The Bertz CT molecular complexity index is 380. The number of nitrogens with two attached hydrogens (primary N) is 1. The summed E-state index contributed by atoms with van der Waals surface area (Å²) in [4.78, 5) is 25.1. The molecule has 0 aromatic rings. The minimum atomic E-state index is -1.04. The van der Waals surface area contributed by atoms with Crippen LogP contribution in [-0.2, 0) is 9.59 Å². The predicted octanol–water partition coefficient (Wildman–Crippen LogP) is 0.355. The van der Waals surface area contributed by atoms with E-state index in [0.29, 0.717) is 19.4 Å². The topological polar surface area (TPSA) is 83.6 Å². The Balaban J connectivity index is 2.14. The van der Waals surface area contributed by atoms with E-state index in [1.54, 1.807) is 13.0 Å². The van der Waals surface area contributed by atoms with E-state index < -0.39 is 11.5 Å². The van der Waals surface area contributed by atoms with Crippen LogP contribution in [0.15, 0.2) is 12.2 Å². The zero-order valence-electron chi connectivity index (χ0n) is 9.93. The van der Waals surface area contributed by atoms with E-state index in [-0.39, 0.29) is 17.9 Å². The van der Waals surface area contributed by atoms with Crippen LogP contribution in [-0.4, -0.2) is 40.0 Å². The van der Waals surface area contributed by atoms with E-state index in [4.69, 9.17) is 5.73 Å². The quantitative estimate of drug-likeness (QED) is 0.680. The summed E-state index contributed by atoms with van der Waals surface area (Å²) in [7, 11) is 0. The van der Waals surface area contributed by atoms with E-state index in [1.807, 2.05) is 6.08 Å². The summed E-state index contributed by atoms with van der Waals surface area (Å²) in [5, 5.41) is 9.25. The Hall–Kier alpha value is -1.36. The molecular formula is C12H18N2O3. The van der Waals surface area contributed by atoms with Crippen molar-refractivity contribution in [2.24, 2.45) is 11.7 Å². The SMILES string of the molecule is CC1(C(=O)O)CCCN1C(=O)C1C=CC(N)C1. The first kappa shape index (κ1) is 12.1. The number of nitrogens with zero attached hydrogens (tertiary/aromatic N) is 1. The van der Waals surface area contributed by atoms with E-state index in [9.17, 15) is 14.7 Å². The lowest BCUT2D eigenvalue weighted by atomic mass is 9.97. The third-order valence-electron chi connectivity index (χ3n) is 3.80. The Kier molecular flexibility index (Phi) is 2.95. The van der Waals surface area contributed by atoms with Crippen LogP contribution in [0.4, 0.5) is 0 Å². The predicted molar refractivity (Wildman–Crippen MR) is 62.2 cm³/mol. The van der Waals surface area contributed by atoms with Gasteiger partial charge in [0.1, 0.15) is 5.54 Å². The van der Waals surface area contributed by atoms with Crippen LogP contribution in [0, 0.1) is 5.92 Å². The lowest BCUT2D eigenvalue weighted by Crippen LogP contribution is -2.52. The molecule has 3 unspecified atom stereocenters. The molecule has 2 rings (SSSR count). The number of carboxylic acids is 1. The number of aliphatic carboxylic acids is 1. The summed E-state index contributed by atoms with van der Waals surface area (Å²) in [6.07, 6.45) is 5.48. The first-order valence-electron chi connectivity index (χ1n) is 5.94. The van der Waals surface area contributed by atoms with Gasteiger partial charge in [0.05, 0.1) is 5.92 Å². The Morgan fingerprint density at radius 3 is 2.71 bits per heavy atom. The van der Waals surface area contributed by atoms with E-state index in [2.05, 4.69) is 0 Å². The molecule has 0 saturated carbocycles. The van der Waals surface area contributed by atoms with Crippen molar-refractivity contribution in [3.05, 3.63) is 12.2 Å². The van der Waals surface area contributed by atoms with Gasteiger partial charge in [-0.2, -0.15) is 0 Å². The molecule has 3 atom stereocenters. The standard InChI is InChI=1S/C12H18N2O3/c1-12(11(16)17)5-2-6-14(12)10(15)8-3-4-9(13)7-8/h3-4,8-9H,2,5-7,13H2,1H3,(H,16,17). The first-order chi connectivity index (χ1) is 7.95. The molecular weight excluding hydrogens is 220 g/mol. The van der Waals surface area contributed by atoms with Gasteiger partial charge < -0.3 is 15.7 Å².